The second kappa shape index (κ2) is 6.71. The lowest BCUT2D eigenvalue weighted by molar-refractivity contribution is -0.0365. The normalized spacial score (nSPS) is 18.3. The lowest BCUT2D eigenvalue weighted by Crippen LogP contribution is -2.19. The molecular formula is C17H17BrN4O3S. The number of halogens is 1. The molecule has 1 unspecified atom stereocenters. The minimum Gasteiger partial charge on any atom is -0.356 e. The third-order valence-corrected chi connectivity index (χ3v) is 5.66. The Morgan fingerprint density at radius 3 is 2.85 bits per heavy atom. The van der Waals surface area contributed by atoms with Gasteiger partial charge in [0, 0.05) is 28.9 Å². The van der Waals surface area contributed by atoms with E-state index >= 15 is 0 Å². The van der Waals surface area contributed by atoms with Crippen molar-refractivity contribution < 1.29 is 13.2 Å². The fourth-order valence-electron chi connectivity index (χ4n) is 3.09. The van der Waals surface area contributed by atoms with Crippen molar-refractivity contribution in [3.05, 3.63) is 34.9 Å². The van der Waals surface area contributed by atoms with E-state index in [2.05, 4.69) is 25.9 Å². The molecule has 2 aromatic heterocycles. The van der Waals surface area contributed by atoms with Crippen LogP contribution in [0.5, 0.6) is 0 Å². The molecule has 1 saturated heterocycles. The van der Waals surface area contributed by atoms with Crippen molar-refractivity contribution in [3.8, 4) is 11.4 Å². The summed E-state index contributed by atoms with van der Waals surface area (Å²) in [5.74, 6) is 0. The Labute approximate surface area is 159 Å². The molecule has 3 heterocycles. The summed E-state index contributed by atoms with van der Waals surface area (Å²) in [5.41, 5.74) is 2.01. The SMILES string of the molecule is CS(=O)(=O)c1nccc(-c2nn(C3CCCCO3)c3ccc(Br)cc23)n1. The maximum absolute atomic E-state index is 11.8. The van der Waals surface area contributed by atoms with Gasteiger partial charge in [-0.1, -0.05) is 15.9 Å². The molecule has 0 amide bonds. The average molecular weight is 437 g/mol. The first-order chi connectivity index (χ1) is 12.4. The van der Waals surface area contributed by atoms with Gasteiger partial charge >= 0.3 is 0 Å². The first kappa shape index (κ1) is 17.6. The molecular weight excluding hydrogens is 420 g/mol. The van der Waals surface area contributed by atoms with Crippen LogP contribution in [0.3, 0.4) is 0 Å². The van der Waals surface area contributed by atoms with Gasteiger partial charge in [-0.3, -0.25) is 0 Å². The van der Waals surface area contributed by atoms with Crippen molar-refractivity contribution >= 4 is 36.7 Å². The van der Waals surface area contributed by atoms with Crippen LogP contribution in [0, 0.1) is 0 Å². The van der Waals surface area contributed by atoms with Crippen molar-refractivity contribution in [2.75, 3.05) is 12.9 Å². The van der Waals surface area contributed by atoms with Gasteiger partial charge in [0.2, 0.25) is 15.0 Å². The van der Waals surface area contributed by atoms with Gasteiger partial charge in [-0.2, -0.15) is 5.10 Å². The van der Waals surface area contributed by atoms with E-state index in [1.165, 1.54) is 6.20 Å². The van der Waals surface area contributed by atoms with Crippen LogP contribution < -0.4 is 0 Å². The molecule has 0 saturated carbocycles. The zero-order valence-corrected chi connectivity index (χ0v) is 16.5. The fraction of sp³-hybridized carbons (Fsp3) is 0.353. The van der Waals surface area contributed by atoms with Crippen molar-refractivity contribution in [1.29, 1.82) is 0 Å². The second-order valence-electron chi connectivity index (χ2n) is 6.27. The summed E-state index contributed by atoms with van der Waals surface area (Å²) in [5, 5.41) is 5.41. The van der Waals surface area contributed by atoms with E-state index < -0.39 is 9.84 Å². The molecule has 0 N–H and O–H groups in total. The topological polar surface area (TPSA) is 87.0 Å². The summed E-state index contributed by atoms with van der Waals surface area (Å²) in [7, 11) is -3.50. The second-order valence-corrected chi connectivity index (χ2v) is 9.10. The summed E-state index contributed by atoms with van der Waals surface area (Å²) in [4.78, 5) is 8.08. The Balaban J connectivity index is 1.91. The van der Waals surface area contributed by atoms with E-state index in [0.29, 0.717) is 18.0 Å². The third-order valence-electron chi connectivity index (χ3n) is 4.30. The number of nitrogens with zero attached hydrogens (tertiary/aromatic N) is 4. The van der Waals surface area contributed by atoms with Gasteiger partial charge in [-0.05, 0) is 43.5 Å². The summed E-state index contributed by atoms with van der Waals surface area (Å²) in [6, 6.07) is 7.56. The van der Waals surface area contributed by atoms with Gasteiger partial charge in [0.25, 0.3) is 0 Å². The first-order valence-electron chi connectivity index (χ1n) is 8.26. The van der Waals surface area contributed by atoms with Crippen molar-refractivity contribution in [3.63, 3.8) is 0 Å². The predicted molar refractivity (Wildman–Crippen MR) is 100 cm³/mol. The molecule has 1 atom stereocenters. The number of sulfone groups is 1. The molecule has 9 heteroatoms. The van der Waals surface area contributed by atoms with Gasteiger partial charge in [0.1, 0.15) is 5.69 Å². The molecule has 0 radical (unpaired) electrons. The van der Waals surface area contributed by atoms with Crippen LogP contribution in [0.25, 0.3) is 22.3 Å². The number of rotatable bonds is 3. The number of hydrogen-bond donors (Lipinski definition) is 0. The quantitative estimate of drug-likeness (QED) is 0.584. The maximum atomic E-state index is 11.8. The summed E-state index contributed by atoms with van der Waals surface area (Å²) < 4.78 is 32.3. The predicted octanol–water partition coefficient (Wildman–Crippen LogP) is 3.36. The van der Waals surface area contributed by atoms with E-state index in [9.17, 15) is 8.42 Å². The molecule has 3 aromatic rings. The number of aromatic nitrogens is 4. The molecule has 7 nitrogen and oxygen atoms in total. The zero-order chi connectivity index (χ0) is 18.3. The molecule has 4 rings (SSSR count). The molecule has 0 aliphatic carbocycles. The van der Waals surface area contributed by atoms with E-state index in [4.69, 9.17) is 9.84 Å². The van der Waals surface area contributed by atoms with Crippen LogP contribution >= 0.6 is 15.9 Å². The summed E-state index contributed by atoms with van der Waals surface area (Å²) in [6.07, 6.45) is 5.44. The number of benzene rings is 1. The maximum Gasteiger partial charge on any atom is 0.247 e. The Morgan fingerprint density at radius 1 is 1.27 bits per heavy atom. The van der Waals surface area contributed by atoms with Crippen LogP contribution in [0.15, 0.2) is 40.1 Å². The Bertz CT molecular complexity index is 1070. The summed E-state index contributed by atoms with van der Waals surface area (Å²) in [6.45, 7) is 0.712. The highest BCUT2D eigenvalue weighted by atomic mass is 79.9. The van der Waals surface area contributed by atoms with Crippen LogP contribution in [-0.2, 0) is 14.6 Å². The highest BCUT2D eigenvalue weighted by molar-refractivity contribution is 9.10. The van der Waals surface area contributed by atoms with Crippen LogP contribution in [0.2, 0.25) is 0 Å². The van der Waals surface area contributed by atoms with Crippen molar-refractivity contribution in [2.24, 2.45) is 0 Å². The Morgan fingerprint density at radius 2 is 2.12 bits per heavy atom. The van der Waals surface area contributed by atoms with Gasteiger partial charge < -0.3 is 4.74 Å². The Kier molecular flexibility index (Phi) is 4.54. The molecule has 1 fully saturated rings. The zero-order valence-electron chi connectivity index (χ0n) is 14.1. The number of hydrogen-bond acceptors (Lipinski definition) is 6. The molecule has 136 valence electrons. The molecule has 1 aliphatic rings. The van der Waals surface area contributed by atoms with Crippen molar-refractivity contribution in [1.82, 2.24) is 19.7 Å². The van der Waals surface area contributed by atoms with E-state index in [1.54, 1.807) is 6.07 Å². The van der Waals surface area contributed by atoms with Crippen molar-refractivity contribution in [2.45, 2.75) is 30.6 Å². The minimum atomic E-state index is -3.50. The number of ether oxygens (including phenoxy) is 1. The standard InChI is InChI=1S/C17H17BrN4O3S/c1-26(23,24)17-19-8-7-13(20-17)16-12-10-11(18)5-6-14(12)22(21-16)15-4-2-3-9-25-15/h5-8,10,15H,2-4,9H2,1H3. The smallest absolute Gasteiger partial charge is 0.247 e. The van der Waals surface area contributed by atoms with E-state index in [0.717, 1.165) is 40.9 Å². The fourth-order valence-corrected chi connectivity index (χ4v) is 3.97. The molecule has 1 aromatic carbocycles. The van der Waals surface area contributed by atoms with E-state index in [1.807, 2.05) is 22.9 Å². The minimum absolute atomic E-state index is 0.127. The molecule has 0 bridgehead atoms. The highest BCUT2D eigenvalue weighted by Crippen LogP contribution is 2.33. The van der Waals surface area contributed by atoms with Crippen LogP contribution in [-0.4, -0.2) is 41.0 Å². The van der Waals surface area contributed by atoms with Crippen LogP contribution in [0.4, 0.5) is 0 Å². The van der Waals surface area contributed by atoms with E-state index in [-0.39, 0.29) is 11.4 Å². The number of fused-ring (bicyclic) bond motifs is 1. The lowest BCUT2D eigenvalue weighted by atomic mass is 10.1. The molecule has 1 aliphatic heterocycles. The summed E-state index contributed by atoms with van der Waals surface area (Å²) >= 11 is 3.49. The molecule has 0 spiro atoms. The first-order valence-corrected chi connectivity index (χ1v) is 10.9. The average Bonchev–Trinajstić information content (AvgIpc) is 3.00. The monoisotopic (exact) mass is 436 g/mol. The van der Waals surface area contributed by atoms with Gasteiger partial charge in [-0.25, -0.2) is 23.1 Å². The largest absolute Gasteiger partial charge is 0.356 e. The Hall–Kier alpha value is -1.84. The van der Waals surface area contributed by atoms with Gasteiger partial charge in [-0.15, -0.1) is 0 Å². The van der Waals surface area contributed by atoms with Crippen LogP contribution in [0.1, 0.15) is 25.5 Å². The molecule has 26 heavy (non-hydrogen) atoms. The third kappa shape index (κ3) is 3.26. The highest BCUT2D eigenvalue weighted by Gasteiger charge is 2.23. The lowest BCUT2D eigenvalue weighted by Gasteiger charge is -2.23. The van der Waals surface area contributed by atoms with Gasteiger partial charge in [0.15, 0.2) is 6.23 Å². The van der Waals surface area contributed by atoms with Gasteiger partial charge in [0.05, 0.1) is 11.2 Å².